The zero-order valence-corrected chi connectivity index (χ0v) is 13.1. The van der Waals surface area contributed by atoms with E-state index in [4.69, 9.17) is 0 Å². The molecule has 0 saturated heterocycles. The molecule has 1 amide bonds. The van der Waals surface area contributed by atoms with Crippen molar-refractivity contribution in [1.82, 2.24) is 16.0 Å². The van der Waals surface area contributed by atoms with Crippen molar-refractivity contribution >= 4 is 11.9 Å². The Bertz CT molecular complexity index is 555. The van der Waals surface area contributed by atoms with Gasteiger partial charge in [0.25, 0.3) is 0 Å². The Balaban J connectivity index is 1.68. The van der Waals surface area contributed by atoms with Crippen LogP contribution in [0.15, 0.2) is 23.2 Å². The smallest absolute Gasteiger partial charge is 0.223 e. The summed E-state index contributed by atoms with van der Waals surface area (Å²) >= 11 is 0. The van der Waals surface area contributed by atoms with Crippen molar-refractivity contribution in [2.24, 2.45) is 10.9 Å². The van der Waals surface area contributed by atoms with Gasteiger partial charge in [-0.25, -0.2) is 4.39 Å². The molecule has 1 aliphatic carbocycles. The van der Waals surface area contributed by atoms with Crippen LogP contribution in [0.25, 0.3) is 0 Å². The lowest BCUT2D eigenvalue weighted by Crippen LogP contribution is -2.41. The Hall–Kier alpha value is -2.11. The second-order valence-corrected chi connectivity index (χ2v) is 5.50. The van der Waals surface area contributed by atoms with Crippen LogP contribution in [0.1, 0.15) is 24.0 Å². The summed E-state index contributed by atoms with van der Waals surface area (Å²) < 4.78 is 13.2. The molecule has 0 unspecified atom stereocenters. The number of nitrogens with one attached hydrogen (secondary N) is 3. The quantitative estimate of drug-likeness (QED) is 0.422. The van der Waals surface area contributed by atoms with Crippen LogP contribution < -0.4 is 16.0 Å². The van der Waals surface area contributed by atoms with Crippen molar-refractivity contribution in [3.05, 3.63) is 35.1 Å². The number of aryl methyl sites for hydroxylation is 1. The number of hydrogen-bond donors (Lipinski definition) is 3. The third-order valence-electron chi connectivity index (χ3n) is 3.57. The summed E-state index contributed by atoms with van der Waals surface area (Å²) in [5, 5.41) is 9.18. The van der Waals surface area contributed by atoms with Crippen LogP contribution in [0.4, 0.5) is 4.39 Å². The average molecular weight is 306 g/mol. The fraction of sp³-hybridized carbons (Fsp3) is 0.500. The van der Waals surface area contributed by atoms with Crippen molar-refractivity contribution < 1.29 is 9.18 Å². The average Bonchev–Trinajstić information content (AvgIpc) is 3.34. The highest BCUT2D eigenvalue weighted by Crippen LogP contribution is 2.28. The van der Waals surface area contributed by atoms with Gasteiger partial charge in [0.15, 0.2) is 5.96 Å². The maximum Gasteiger partial charge on any atom is 0.223 e. The van der Waals surface area contributed by atoms with Gasteiger partial charge in [-0.15, -0.1) is 0 Å². The zero-order chi connectivity index (χ0) is 15.9. The fourth-order valence-corrected chi connectivity index (χ4v) is 2.08. The molecule has 1 fully saturated rings. The monoisotopic (exact) mass is 306 g/mol. The molecule has 1 aromatic rings. The summed E-state index contributed by atoms with van der Waals surface area (Å²) in [6.45, 7) is 3.50. The number of aliphatic imine (C=N–C) groups is 1. The first kappa shape index (κ1) is 16.3. The molecular weight excluding hydrogens is 283 g/mol. The first-order chi connectivity index (χ1) is 10.6. The van der Waals surface area contributed by atoms with Gasteiger partial charge in [-0.05, 0) is 37.0 Å². The van der Waals surface area contributed by atoms with Gasteiger partial charge in [-0.1, -0.05) is 12.1 Å². The second kappa shape index (κ2) is 7.77. The minimum absolute atomic E-state index is 0.145. The number of carbonyl (C=O) groups is 1. The number of hydrogen-bond acceptors (Lipinski definition) is 2. The minimum Gasteiger partial charge on any atom is -0.355 e. The lowest BCUT2D eigenvalue weighted by Gasteiger charge is -2.12. The molecule has 0 aliphatic heterocycles. The van der Waals surface area contributed by atoms with E-state index in [-0.39, 0.29) is 17.6 Å². The SMILES string of the molecule is CN=C(NCCNC(=O)C1CC1)NCc1ccc(F)c(C)c1. The molecule has 120 valence electrons. The molecule has 1 aliphatic rings. The molecule has 22 heavy (non-hydrogen) atoms. The van der Waals surface area contributed by atoms with E-state index in [0.717, 1.165) is 18.4 Å². The number of amides is 1. The predicted molar refractivity (Wildman–Crippen MR) is 85.1 cm³/mol. The number of halogens is 1. The molecule has 6 heteroatoms. The summed E-state index contributed by atoms with van der Waals surface area (Å²) in [7, 11) is 1.69. The van der Waals surface area contributed by atoms with Gasteiger partial charge in [-0.2, -0.15) is 0 Å². The third-order valence-corrected chi connectivity index (χ3v) is 3.57. The van der Waals surface area contributed by atoms with E-state index in [1.807, 2.05) is 6.07 Å². The van der Waals surface area contributed by atoms with Crippen molar-refractivity contribution in [2.75, 3.05) is 20.1 Å². The molecule has 0 radical (unpaired) electrons. The van der Waals surface area contributed by atoms with E-state index in [9.17, 15) is 9.18 Å². The van der Waals surface area contributed by atoms with E-state index in [1.54, 1.807) is 20.0 Å². The Kier molecular flexibility index (Phi) is 5.75. The highest BCUT2D eigenvalue weighted by atomic mass is 19.1. The first-order valence-corrected chi connectivity index (χ1v) is 7.57. The minimum atomic E-state index is -0.197. The Labute approximate surface area is 130 Å². The number of carbonyl (C=O) groups excluding carboxylic acids is 1. The van der Waals surface area contributed by atoms with Crippen LogP contribution in [0.3, 0.4) is 0 Å². The van der Waals surface area contributed by atoms with Gasteiger partial charge < -0.3 is 16.0 Å². The largest absolute Gasteiger partial charge is 0.355 e. The maximum absolute atomic E-state index is 13.2. The summed E-state index contributed by atoms with van der Waals surface area (Å²) in [6, 6.07) is 5.03. The van der Waals surface area contributed by atoms with E-state index >= 15 is 0 Å². The first-order valence-electron chi connectivity index (χ1n) is 7.57. The second-order valence-electron chi connectivity index (χ2n) is 5.50. The van der Waals surface area contributed by atoms with Gasteiger partial charge in [0.1, 0.15) is 5.82 Å². The summed E-state index contributed by atoms with van der Waals surface area (Å²) in [5.74, 6) is 0.839. The fourth-order valence-electron chi connectivity index (χ4n) is 2.08. The molecule has 0 spiro atoms. The molecule has 0 atom stereocenters. The Morgan fingerprint density at radius 1 is 1.27 bits per heavy atom. The lowest BCUT2D eigenvalue weighted by molar-refractivity contribution is -0.122. The lowest BCUT2D eigenvalue weighted by atomic mass is 10.1. The zero-order valence-electron chi connectivity index (χ0n) is 13.1. The van der Waals surface area contributed by atoms with Crippen LogP contribution in [0, 0.1) is 18.7 Å². The number of guanidine groups is 1. The predicted octanol–water partition coefficient (Wildman–Crippen LogP) is 1.33. The Morgan fingerprint density at radius 2 is 2.00 bits per heavy atom. The third kappa shape index (κ3) is 5.02. The molecule has 5 nitrogen and oxygen atoms in total. The normalized spacial score (nSPS) is 14.6. The van der Waals surface area contributed by atoms with E-state index in [0.29, 0.717) is 31.2 Å². The highest BCUT2D eigenvalue weighted by Gasteiger charge is 2.28. The summed E-state index contributed by atoms with van der Waals surface area (Å²) in [6.07, 6.45) is 2.03. The van der Waals surface area contributed by atoms with Crippen LogP contribution >= 0.6 is 0 Å². The molecule has 0 heterocycles. The molecule has 1 aromatic carbocycles. The number of nitrogens with zero attached hydrogens (tertiary/aromatic N) is 1. The van der Waals surface area contributed by atoms with Crippen LogP contribution in [-0.2, 0) is 11.3 Å². The molecule has 3 N–H and O–H groups in total. The number of benzene rings is 1. The van der Waals surface area contributed by atoms with Crippen molar-refractivity contribution in [3.63, 3.8) is 0 Å². The van der Waals surface area contributed by atoms with Crippen LogP contribution in [0.5, 0.6) is 0 Å². The van der Waals surface area contributed by atoms with Gasteiger partial charge in [0.05, 0.1) is 0 Å². The molecule has 2 rings (SSSR count). The van der Waals surface area contributed by atoms with Gasteiger partial charge in [0, 0.05) is 32.6 Å². The van der Waals surface area contributed by atoms with E-state index < -0.39 is 0 Å². The van der Waals surface area contributed by atoms with E-state index in [1.165, 1.54) is 6.07 Å². The van der Waals surface area contributed by atoms with Crippen molar-refractivity contribution in [3.8, 4) is 0 Å². The molecule has 0 bridgehead atoms. The van der Waals surface area contributed by atoms with Crippen LogP contribution in [-0.4, -0.2) is 32.0 Å². The molecular formula is C16H23FN4O. The van der Waals surface area contributed by atoms with Crippen molar-refractivity contribution in [2.45, 2.75) is 26.3 Å². The Morgan fingerprint density at radius 3 is 2.64 bits per heavy atom. The molecule has 0 aromatic heterocycles. The van der Waals surface area contributed by atoms with Gasteiger partial charge >= 0.3 is 0 Å². The summed E-state index contributed by atoms with van der Waals surface area (Å²) in [4.78, 5) is 15.6. The highest BCUT2D eigenvalue weighted by molar-refractivity contribution is 5.81. The topological polar surface area (TPSA) is 65.5 Å². The van der Waals surface area contributed by atoms with Crippen molar-refractivity contribution in [1.29, 1.82) is 0 Å². The van der Waals surface area contributed by atoms with Gasteiger partial charge in [-0.3, -0.25) is 9.79 Å². The number of rotatable bonds is 6. The maximum atomic E-state index is 13.2. The summed E-state index contributed by atoms with van der Waals surface area (Å²) in [5.41, 5.74) is 1.62. The van der Waals surface area contributed by atoms with E-state index in [2.05, 4.69) is 20.9 Å². The standard InChI is InChI=1S/C16H23FN4O/c1-11-9-12(3-6-14(11)17)10-21-16(18-2)20-8-7-19-15(22)13-4-5-13/h3,6,9,13H,4-5,7-8,10H2,1-2H3,(H,19,22)(H2,18,20,21). The molecule has 1 saturated carbocycles. The van der Waals surface area contributed by atoms with Gasteiger partial charge in [0.2, 0.25) is 5.91 Å². The van der Waals surface area contributed by atoms with Crippen LogP contribution in [0.2, 0.25) is 0 Å².